The van der Waals surface area contributed by atoms with Crippen molar-refractivity contribution in [3.63, 3.8) is 0 Å². The van der Waals surface area contributed by atoms with Crippen LogP contribution in [0.1, 0.15) is 18.9 Å². The van der Waals surface area contributed by atoms with Gasteiger partial charge in [-0.2, -0.15) is 5.26 Å². The lowest BCUT2D eigenvalue weighted by molar-refractivity contribution is -0.122. The maximum Gasteiger partial charge on any atom is 0.265 e. The second-order valence-corrected chi connectivity index (χ2v) is 4.62. The first-order valence-electron chi connectivity index (χ1n) is 6.86. The minimum atomic E-state index is -0.725. The lowest BCUT2D eigenvalue weighted by Gasteiger charge is -2.17. The van der Waals surface area contributed by atoms with E-state index in [-0.39, 0.29) is 11.7 Å². The molecule has 0 aliphatic rings. The van der Waals surface area contributed by atoms with Gasteiger partial charge in [-0.15, -0.1) is 0 Å². The van der Waals surface area contributed by atoms with Crippen LogP contribution in [0.15, 0.2) is 48.5 Å². The van der Waals surface area contributed by atoms with Gasteiger partial charge in [-0.3, -0.25) is 4.79 Å². The normalized spacial score (nSPS) is 11.3. The zero-order valence-corrected chi connectivity index (χ0v) is 12.0. The van der Waals surface area contributed by atoms with Crippen LogP contribution >= 0.6 is 0 Å². The van der Waals surface area contributed by atoms with Crippen molar-refractivity contribution < 1.29 is 13.9 Å². The van der Waals surface area contributed by atoms with Crippen LogP contribution < -0.4 is 10.1 Å². The highest BCUT2D eigenvalue weighted by molar-refractivity contribution is 5.95. The molecular weight excluding hydrogens is 283 g/mol. The van der Waals surface area contributed by atoms with Crippen LogP contribution in [0.2, 0.25) is 0 Å². The second-order valence-electron chi connectivity index (χ2n) is 4.62. The van der Waals surface area contributed by atoms with Gasteiger partial charge in [0.1, 0.15) is 17.6 Å². The summed E-state index contributed by atoms with van der Waals surface area (Å²) in [7, 11) is 0. The van der Waals surface area contributed by atoms with E-state index in [1.807, 2.05) is 13.0 Å². The van der Waals surface area contributed by atoms with Crippen LogP contribution in [0.4, 0.5) is 10.1 Å². The first-order chi connectivity index (χ1) is 10.6. The number of ether oxygens (including phenoxy) is 1. The first-order valence-corrected chi connectivity index (χ1v) is 6.86. The molecule has 0 aliphatic carbocycles. The summed E-state index contributed by atoms with van der Waals surface area (Å²) in [5, 5.41) is 11.7. The number of benzene rings is 2. The van der Waals surface area contributed by atoms with Gasteiger partial charge in [0.2, 0.25) is 0 Å². The Hall–Kier alpha value is -2.87. The van der Waals surface area contributed by atoms with Gasteiger partial charge in [0.15, 0.2) is 6.10 Å². The van der Waals surface area contributed by atoms with Gasteiger partial charge in [-0.25, -0.2) is 4.39 Å². The maximum absolute atomic E-state index is 12.9. The van der Waals surface area contributed by atoms with Crippen molar-refractivity contribution in [2.45, 2.75) is 19.4 Å². The molecule has 22 heavy (non-hydrogen) atoms. The van der Waals surface area contributed by atoms with Gasteiger partial charge in [0.05, 0.1) is 11.3 Å². The van der Waals surface area contributed by atoms with Crippen LogP contribution in [-0.2, 0) is 4.79 Å². The van der Waals surface area contributed by atoms with Gasteiger partial charge < -0.3 is 10.1 Å². The number of hydrogen-bond acceptors (Lipinski definition) is 3. The molecule has 0 spiro atoms. The van der Waals surface area contributed by atoms with Crippen LogP contribution in [0.3, 0.4) is 0 Å². The molecule has 2 aromatic rings. The van der Waals surface area contributed by atoms with Gasteiger partial charge in [0.25, 0.3) is 5.91 Å². The Bertz CT molecular complexity index is 693. The molecule has 1 amide bonds. The third-order valence-electron chi connectivity index (χ3n) is 3.06. The zero-order valence-electron chi connectivity index (χ0n) is 12.0. The number of nitrogens with one attached hydrogen (secondary N) is 1. The van der Waals surface area contributed by atoms with E-state index in [1.54, 1.807) is 24.3 Å². The molecule has 1 N–H and O–H groups in total. The number of carbonyl (C=O) groups is 1. The Morgan fingerprint density at radius 1 is 1.27 bits per heavy atom. The second kappa shape index (κ2) is 7.23. The molecular formula is C17H15FN2O2. The maximum atomic E-state index is 12.9. The fourth-order valence-electron chi connectivity index (χ4n) is 1.90. The molecule has 0 bridgehead atoms. The number of nitriles is 1. The molecule has 112 valence electrons. The van der Waals surface area contributed by atoms with Crippen LogP contribution in [0.5, 0.6) is 5.75 Å². The lowest BCUT2D eigenvalue weighted by Crippen LogP contribution is -2.32. The number of halogens is 1. The van der Waals surface area contributed by atoms with Gasteiger partial charge in [-0.1, -0.05) is 19.1 Å². The third-order valence-corrected chi connectivity index (χ3v) is 3.06. The minimum Gasteiger partial charge on any atom is -0.481 e. The van der Waals surface area contributed by atoms with Crippen molar-refractivity contribution in [3.8, 4) is 11.8 Å². The molecule has 2 rings (SSSR count). The SMILES string of the molecule is CC[C@@H](Oc1ccc(F)cc1)C(=O)Nc1ccccc1C#N. The van der Waals surface area contributed by atoms with E-state index < -0.39 is 6.10 Å². The fraction of sp³-hybridized carbons (Fsp3) is 0.176. The third kappa shape index (κ3) is 3.83. The Kier molecular flexibility index (Phi) is 5.10. The monoisotopic (exact) mass is 298 g/mol. The largest absolute Gasteiger partial charge is 0.481 e. The Balaban J connectivity index is 2.09. The van der Waals surface area contributed by atoms with Crippen LogP contribution in [-0.4, -0.2) is 12.0 Å². The van der Waals surface area contributed by atoms with Crippen molar-refractivity contribution in [2.24, 2.45) is 0 Å². The van der Waals surface area contributed by atoms with Crippen molar-refractivity contribution >= 4 is 11.6 Å². The Labute approximate surface area is 128 Å². The predicted octanol–water partition coefficient (Wildman–Crippen LogP) is 3.49. The van der Waals surface area contributed by atoms with E-state index in [4.69, 9.17) is 10.00 Å². The van der Waals surface area contributed by atoms with E-state index in [0.717, 1.165) is 0 Å². The summed E-state index contributed by atoms with van der Waals surface area (Å²) in [6.07, 6.45) is -0.282. The predicted molar refractivity (Wildman–Crippen MR) is 80.9 cm³/mol. The number of carbonyl (C=O) groups excluding carboxylic acids is 1. The van der Waals surface area contributed by atoms with Crippen molar-refractivity contribution in [1.82, 2.24) is 0 Å². The Morgan fingerprint density at radius 3 is 2.59 bits per heavy atom. The van der Waals surface area contributed by atoms with Crippen molar-refractivity contribution in [2.75, 3.05) is 5.32 Å². The van der Waals surface area contributed by atoms with E-state index in [2.05, 4.69) is 5.32 Å². The van der Waals surface area contributed by atoms with Gasteiger partial charge >= 0.3 is 0 Å². The number of para-hydroxylation sites is 1. The lowest BCUT2D eigenvalue weighted by atomic mass is 10.2. The molecule has 4 nitrogen and oxygen atoms in total. The zero-order chi connectivity index (χ0) is 15.9. The highest BCUT2D eigenvalue weighted by atomic mass is 19.1. The number of nitrogens with zero attached hydrogens (tertiary/aromatic N) is 1. The number of rotatable bonds is 5. The molecule has 0 radical (unpaired) electrons. The molecule has 0 heterocycles. The van der Waals surface area contributed by atoms with E-state index in [1.165, 1.54) is 24.3 Å². The van der Waals surface area contributed by atoms with Gasteiger partial charge in [-0.05, 0) is 42.8 Å². The van der Waals surface area contributed by atoms with Crippen LogP contribution in [0, 0.1) is 17.1 Å². The molecule has 0 unspecified atom stereocenters. The fourth-order valence-corrected chi connectivity index (χ4v) is 1.90. The first kappa shape index (κ1) is 15.5. The average Bonchev–Trinajstić information content (AvgIpc) is 2.54. The smallest absolute Gasteiger partial charge is 0.265 e. The summed E-state index contributed by atoms with van der Waals surface area (Å²) in [6.45, 7) is 1.81. The topological polar surface area (TPSA) is 62.1 Å². The molecule has 5 heteroatoms. The summed E-state index contributed by atoms with van der Waals surface area (Å²) < 4.78 is 18.4. The molecule has 2 aromatic carbocycles. The summed E-state index contributed by atoms with van der Waals surface area (Å²) in [4.78, 5) is 12.3. The molecule has 0 fully saturated rings. The number of amides is 1. The molecule has 0 aromatic heterocycles. The van der Waals surface area contributed by atoms with Gasteiger partial charge in [0, 0.05) is 0 Å². The molecule has 0 aliphatic heterocycles. The summed E-state index contributed by atoms with van der Waals surface area (Å²) >= 11 is 0. The molecule has 0 saturated carbocycles. The van der Waals surface area contributed by atoms with Crippen molar-refractivity contribution in [3.05, 3.63) is 59.9 Å². The van der Waals surface area contributed by atoms with E-state index in [0.29, 0.717) is 23.4 Å². The molecule has 1 atom stereocenters. The molecule has 0 saturated heterocycles. The highest BCUT2D eigenvalue weighted by Crippen LogP contribution is 2.17. The van der Waals surface area contributed by atoms with E-state index in [9.17, 15) is 9.18 Å². The van der Waals surface area contributed by atoms with E-state index >= 15 is 0 Å². The summed E-state index contributed by atoms with van der Waals surface area (Å²) in [5.74, 6) is -0.306. The highest BCUT2D eigenvalue weighted by Gasteiger charge is 2.19. The quantitative estimate of drug-likeness (QED) is 0.919. The standard InChI is InChI=1S/C17H15FN2O2/c1-2-16(22-14-9-7-13(18)8-10-14)17(21)20-15-6-4-3-5-12(15)11-19/h3-10,16H,2H2,1H3,(H,20,21)/t16-/m1/s1. The average molecular weight is 298 g/mol. The Morgan fingerprint density at radius 2 is 1.95 bits per heavy atom. The minimum absolute atomic E-state index is 0.352. The summed E-state index contributed by atoms with van der Waals surface area (Å²) in [5.41, 5.74) is 0.823. The number of anilines is 1. The van der Waals surface area contributed by atoms with Crippen molar-refractivity contribution in [1.29, 1.82) is 5.26 Å². The number of hydrogen-bond donors (Lipinski definition) is 1. The van der Waals surface area contributed by atoms with Crippen LogP contribution in [0.25, 0.3) is 0 Å². The summed E-state index contributed by atoms with van der Waals surface area (Å²) in [6, 6.07) is 14.2.